The highest BCUT2D eigenvalue weighted by atomic mass is 16.6. The summed E-state index contributed by atoms with van der Waals surface area (Å²) in [5, 5.41) is 10.7. The van der Waals surface area contributed by atoms with Gasteiger partial charge >= 0.3 is 5.97 Å². The molecule has 8 heteroatoms. The summed E-state index contributed by atoms with van der Waals surface area (Å²) in [6.45, 7) is 2.35. The van der Waals surface area contributed by atoms with Gasteiger partial charge in [0, 0.05) is 30.3 Å². The van der Waals surface area contributed by atoms with Gasteiger partial charge in [-0.2, -0.15) is 0 Å². The Bertz CT molecular complexity index is 842. The predicted molar refractivity (Wildman–Crippen MR) is 96.1 cm³/mol. The molecule has 0 radical (unpaired) electrons. The number of amides is 1. The number of carbonyl (C=O) groups excluding carboxylic acids is 2. The molecule has 1 fully saturated rings. The summed E-state index contributed by atoms with van der Waals surface area (Å²) in [6.07, 6.45) is 3.01. The Morgan fingerprint density at radius 1 is 1.22 bits per heavy atom. The van der Waals surface area contributed by atoms with Crippen LogP contribution in [0.15, 0.2) is 40.8 Å². The van der Waals surface area contributed by atoms with Crippen LogP contribution in [0.1, 0.15) is 36.7 Å². The molecule has 0 aliphatic carbocycles. The maximum absolute atomic E-state index is 12.2. The second-order valence-corrected chi connectivity index (χ2v) is 6.48. The monoisotopic (exact) mass is 372 g/mol. The molecule has 0 saturated carbocycles. The molecule has 8 nitrogen and oxygen atoms in total. The summed E-state index contributed by atoms with van der Waals surface area (Å²) in [6, 6.07) is 8.96. The second-order valence-electron chi connectivity index (χ2n) is 6.48. The van der Waals surface area contributed by atoms with E-state index >= 15 is 0 Å². The first-order chi connectivity index (χ1) is 13.0. The zero-order valence-corrected chi connectivity index (χ0v) is 14.9. The third-order valence-corrected chi connectivity index (χ3v) is 4.62. The van der Waals surface area contributed by atoms with E-state index in [0.717, 1.165) is 19.3 Å². The van der Waals surface area contributed by atoms with E-state index < -0.39 is 10.9 Å². The summed E-state index contributed by atoms with van der Waals surface area (Å²) < 4.78 is 10.5. The normalized spacial score (nSPS) is 16.8. The number of nitrogens with zero attached hydrogens (tertiary/aromatic N) is 2. The molecule has 0 spiro atoms. The number of non-ortho nitro benzene ring substituents is 1. The molecule has 0 N–H and O–H groups in total. The highest BCUT2D eigenvalue weighted by molar-refractivity contribution is 5.89. The lowest BCUT2D eigenvalue weighted by Gasteiger charge is -2.33. The van der Waals surface area contributed by atoms with Crippen molar-refractivity contribution in [2.75, 3.05) is 13.2 Å². The number of hydrogen-bond acceptors (Lipinski definition) is 6. The van der Waals surface area contributed by atoms with Gasteiger partial charge in [0.1, 0.15) is 5.76 Å². The lowest BCUT2D eigenvalue weighted by molar-refractivity contribution is -0.384. The summed E-state index contributed by atoms with van der Waals surface area (Å²) in [4.78, 5) is 36.3. The highest BCUT2D eigenvalue weighted by Crippen LogP contribution is 2.25. The van der Waals surface area contributed by atoms with Gasteiger partial charge in [-0.3, -0.25) is 14.9 Å². The largest absolute Gasteiger partial charge is 0.450 e. The summed E-state index contributed by atoms with van der Waals surface area (Å²) >= 11 is 0. The van der Waals surface area contributed by atoms with Crippen molar-refractivity contribution in [2.24, 2.45) is 0 Å². The molecule has 0 bridgehead atoms. The van der Waals surface area contributed by atoms with E-state index in [4.69, 9.17) is 9.15 Å². The Balaban J connectivity index is 1.59. The van der Waals surface area contributed by atoms with Crippen LogP contribution in [0.25, 0.3) is 11.3 Å². The van der Waals surface area contributed by atoms with Crippen LogP contribution in [-0.4, -0.2) is 40.9 Å². The van der Waals surface area contributed by atoms with Gasteiger partial charge in [-0.15, -0.1) is 0 Å². The second kappa shape index (κ2) is 8.03. The highest BCUT2D eigenvalue weighted by Gasteiger charge is 2.24. The smallest absolute Gasteiger partial charge is 0.374 e. The van der Waals surface area contributed by atoms with Gasteiger partial charge < -0.3 is 14.1 Å². The van der Waals surface area contributed by atoms with Crippen molar-refractivity contribution in [3.05, 3.63) is 52.3 Å². The quantitative estimate of drug-likeness (QED) is 0.453. The van der Waals surface area contributed by atoms with Gasteiger partial charge in [0.2, 0.25) is 5.76 Å². The van der Waals surface area contributed by atoms with Crippen LogP contribution in [0, 0.1) is 10.1 Å². The van der Waals surface area contributed by atoms with Gasteiger partial charge in [0.15, 0.2) is 6.61 Å². The molecule has 142 valence electrons. The number of carbonyl (C=O) groups is 2. The maximum atomic E-state index is 12.2. The Labute approximate surface area is 155 Å². The van der Waals surface area contributed by atoms with Crippen LogP contribution in [0.4, 0.5) is 5.69 Å². The first kappa shape index (κ1) is 18.6. The van der Waals surface area contributed by atoms with E-state index in [0.29, 0.717) is 17.9 Å². The third-order valence-electron chi connectivity index (χ3n) is 4.62. The Hall–Kier alpha value is -3.16. The molecule has 1 aliphatic rings. The van der Waals surface area contributed by atoms with E-state index in [1.807, 2.05) is 6.92 Å². The number of hydrogen-bond donors (Lipinski definition) is 0. The average molecular weight is 372 g/mol. The van der Waals surface area contributed by atoms with Gasteiger partial charge in [-0.1, -0.05) is 0 Å². The summed E-state index contributed by atoms with van der Waals surface area (Å²) in [5.74, 6) is -0.574. The molecule has 0 unspecified atom stereocenters. The zero-order valence-electron chi connectivity index (χ0n) is 14.9. The number of nitro groups is 1. The van der Waals surface area contributed by atoms with E-state index in [2.05, 4.69) is 0 Å². The van der Waals surface area contributed by atoms with Gasteiger partial charge in [0.25, 0.3) is 11.6 Å². The minimum Gasteiger partial charge on any atom is -0.450 e. The van der Waals surface area contributed by atoms with Crippen LogP contribution in [0.2, 0.25) is 0 Å². The lowest BCUT2D eigenvalue weighted by Crippen LogP contribution is -2.44. The number of benzene rings is 1. The van der Waals surface area contributed by atoms with Crippen molar-refractivity contribution in [2.45, 2.75) is 32.2 Å². The Kier molecular flexibility index (Phi) is 5.54. The standard InChI is InChI=1S/C19H20N2O6/c1-13-4-2-3-11-20(13)18(22)12-26-19(23)17-10-9-16(27-17)14-5-7-15(8-6-14)21(24)25/h5-10,13H,2-4,11-12H2,1H3/t13-/m0/s1. The van der Waals surface area contributed by atoms with E-state index in [1.165, 1.54) is 30.3 Å². The van der Waals surface area contributed by atoms with Crippen molar-refractivity contribution >= 4 is 17.6 Å². The third kappa shape index (κ3) is 4.33. The molecule has 2 heterocycles. The topological polar surface area (TPSA) is 103 Å². The molecule has 1 amide bonds. The molecule has 1 saturated heterocycles. The molecule has 1 aromatic carbocycles. The molecule has 3 rings (SSSR count). The molecule has 27 heavy (non-hydrogen) atoms. The van der Waals surface area contributed by atoms with Gasteiger partial charge in [-0.05, 0) is 50.5 Å². The van der Waals surface area contributed by atoms with Crippen molar-refractivity contribution < 1.29 is 23.7 Å². The van der Waals surface area contributed by atoms with Crippen molar-refractivity contribution in [1.82, 2.24) is 4.90 Å². The summed E-state index contributed by atoms with van der Waals surface area (Å²) in [7, 11) is 0. The van der Waals surface area contributed by atoms with E-state index in [9.17, 15) is 19.7 Å². The fraction of sp³-hybridized carbons (Fsp3) is 0.368. The minimum absolute atomic E-state index is 0.0251. The van der Waals surface area contributed by atoms with Crippen molar-refractivity contribution in [3.8, 4) is 11.3 Å². The van der Waals surface area contributed by atoms with Crippen LogP contribution in [-0.2, 0) is 9.53 Å². The molecule has 1 atom stereocenters. The van der Waals surface area contributed by atoms with Crippen LogP contribution < -0.4 is 0 Å². The summed E-state index contributed by atoms with van der Waals surface area (Å²) in [5.41, 5.74) is 0.563. The van der Waals surface area contributed by atoms with Crippen molar-refractivity contribution in [3.63, 3.8) is 0 Å². The van der Waals surface area contributed by atoms with Crippen molar-refractivity contribution in [1.29, 1.82) is 0 Å². The molecule has 1 aromatic heterocycles. The molecular weight excluding hydrogens is 352 g/mol. The average Bonchev–Trinajstić information content (AvgIpc) is 3.16. The van der Waals surface area contributed by atoms with Crippen LogP contribution in [0.5, 0.6) is 0 Å². The Morgan fingerprint density at radius 2 is 1.96 bits per heavy atom. The number of ether oxygens (including phenoxy) is 1. The van der Waals surface area contributed by atoms with Gasteiger partial charge in [-0.25, -0.2) is 4.79 Å². The van der Waals surface area contributed by atoms with E-state index in [1.54, 1.807) is 11.0 Å². The van der Waals surface area contributed by atoms with Crippen LogP contribution in [0.3, 0.4) is 0 Å². The van der Waals surface area contributed by atoms with Crippen LogP contribution >= 0.6 is 0 Å². The Morgan fingerprint density at radius 3 is 2.63 bits per heavy atom. The number of nitro benzene ring substituents is 1. The first-order valence-electron chi connectivity index (χ1n) is 8.77. The number of esters is 1. The first-order valence-corrected chi connectivity index (χ1v) is 8.77. The molecular formula is C19H20N2O6. The minimum atomic E-state index is -0.721. The molecule has 2 aromatic rings. The lowest BCUT2D eigenvalue weighted by atomic mass is 10.0. The number of piperidine rings is 1. The predicted octanol–water partition coefficient (Wildman–Crippen LogP) is 3.41. The number of furan rings is 1. The van der Waals surface area contributed by atoms with E-state index in [-0.39, 0.29) is 30.0 Å². The fourth-order valence-electron chi connectivity index (χ4n) is 3.10. The fourth-order valence-corrected chi connectivity index (χ4v) is 3.10. The number of rotatable bonds is 5. The van der Waals surface area contributed by atoms with Gasteiger partial charge in [0.05, 0.1) is 4.92 Å². The molecule has 1 aliphatic heterocycles. The maximum Gasteiger partial charge on any atom is 0.374 e. The SMILES string of the molecule is C[C@H]1CCCCN1C(=O)COC(=O)c1ccc(-c2ccc([N+](=O)[O-])cc2)o1. The zero-order chi connectivity index (χ0) is 19.4. The number of likely N-dealkylation sites (tertiary alicyclic amines) is 1.